The van der Waals surface area contributed by atoms with E-state index in [0.717, 1.165) is 38.5 Å². The number of hydrogen-bond acceptors (Lipinski definition) is 7. The number of quaternary nitrogens is 1. The summed E-state index contributed by atoms with van der Waals surface area (Å²) in [6.45, 7) is 4.53. The van der Waals surface area contributed by atoms with E-state index < -0.39 is 26.5 Å². The number of esters is 2. The summed E-state index contributed by atoms with van der Waals surface area (Å²) >= 11 is 0. The number of allylic oxidation sites excluding steroid dienone is 2. The minimum atomic E-state index is -4.39. The molecular weight excluding hydrogens is 1060 g/mol. The molecule has 1 N–H and O–H groups in total. The molecular formula is C74H147NO8P+. The minimum Gasteiger partial charge on any atom is -0.462 e. The fraction of sp³-hybridized carbons (Fsp3) is 0.946. The third-order valence-corrected chi connectivity index (χ3v) is 18.3. The molecule has 0 heterocycles. The van der Waals surface area contributed by atoms with E-state index in [1.165, 1.54) is 334 Å². The zero-order chi connectivity index (χ0) is 61.2. The predicted octanol–water partition coefficient (Wildman–Crippen LogP) is 24.3. The van der Waals surface area contributed by atoms with E-state index in [2.05, 4.69) is 26.0 Å². The lowest BCUT2D eigenvalue weighted by Crippen LogP contribution is -2.37. The lowest BCUT2D eigenvalue weighted by atomic mass is 10.0. The summed E-state index contributed by atoms with van der Waals surface area (Å²) in [4.78, 5) is 35.9. The topological polar surface area (TPSA) is 108 Å². The SMILES string of the molecule is CCCCCCCCCC/C=C\CCCCCCCCCCCCCCCCCCCCCCCCCC(=O)OC(COC(=O)CCCCCCCCCCCCCCCCCCCCCCCCCCC)COP(=O)(O)OCC[N+](C)(C)C. The number of unbranched alkanes of at least 4 members (excludes halogenated alkanes) is 55. The van der Waals surface area contributed by atoms with Crippen molar-refractivity contribution in [2.45, 2.75) is 405 Å². The van der Waals surface area contributed by atoms with Gasteiger partial charge in [-0.2, -0.15) is 0 Å². The van der Waals surface area contributed by atoms with Gasteiger partial charge in [0.15, 0.2) is 6.10 Å². The van der Waals surface area contributed by atoms with E-state index in [1.807, 2.05) is 21.1 Å². The van der Waals surface area contributed by atoms with Crippen LogP contribution in [0.15, 0.2) is 12.2 Å². The van der Waals surface area contributed by atoms with Crippen LogP contribution in [0.4, 0.5) is 0 Å². The van der Waals surface area contributed by atoms with Crippen LogP contribution in [0.3, 0.4) is 0 Å². The Labute approximate surface area is 524 Å². The van der Waals surface area contributed by atoms with Gasteiger partial charge in [0.1, 0.15) is 19.8 Å². The van der Waals surface area contributed by atoms with Gasteiger partial charge in [-0.15, -0.1) is 0 Å². The van der Waals surface area contributed by atoms with Gasteiger partial charge in [0.2, 0.25) is 0 Å². The fourth-order valence-electron chi connectivity index (χ4n) is 11.5. The van der Waals surface area contributed by atoms with E-state index in [0.29, 0.717) is 17.4 Å². The molecule has 0 bridgehead atoms. The van der Waals surface area contributed by atoms with Crippen molar-refractivity contribution >= 4 is 19.8 Å². The number of likely N-dealkylation sites (N-methyl/N-ethyl adjacent to an activating group) is 1. The van der Waals surface area contributed by atoms with Crippen molar-refractivity contribution in [1.29, 1.82) is 0 Å². The largest absolute Gasteiger partial charge is 0.472 e. The van der Waals surface area contributed by atoms with E-state index in [-0.39, 0.29) is 25.6 Å². The molecule has 84 heavy (non-hydrogen) atoms. The van der Waals surface area contributed by atoms with Crippen molar-refractivity contribution in [1.82, 2.24) is 0 Å². The monoisotopic (exact) mass is 1210 g/mol. The molecule has 0 fully saturated rings. The molecule has 0 radical (unpaired) electrons. The van der Waals surface area contributed by atoms with Gasteiger partial charge in [0.05, 0.1) is 27.7 Å². The molecule has 0 saturated carbocycles. The highest BCUT2D eigenvalue weighted by atomic mass is 31.2. The lowest BCUT2D eigenvalue weighted by molar-refractivity contribution is -0.870. The quantitative estimate of drug-likeness (QED) is 0.0211. The maximum atomic E-state index is 12.9. The van der Waals surface area contributed by atoms with Crippen LogP contribution in [0.2, 0.25) is 0 Å². The Hall–Kier alpha value is -1.25. The van der Waals surface area contributed by atoms with Gasteiger partial charge < -0.3 is 18.9 Å². The summed E-state index contributed by atoms with van der Waals surface area (Å²) in [5.41, 5.74) is 0. The molecule has 2 unspecified atom stereocenters. The van der Waals surface area contributed by atoms with Gasteiger partial charge in [-0.3, -0.25) is 18.6 Å². The summed E-state index contributed by atoms with van der Waals surface area (Å²) in [6, 6.07) is 0. The van der Waals surface area contributed by atoms with Crippen molar-refractivity contribution < 1.29 is 42.1 Å². The Morgan fingerprint density at radius 1 is 0.357 bits per heavy atom. The van der Waals surface area contributed by atoms with E-state index >= 15 is 0 Å². The Kier molecular flexibility index (Phi) is 65.2. The number of carbonyl (C=O) groups excluding carboxylic acids is 2. The molecule has 2 atom stereocenters. The van der Waals surface area contributed by atoms with E-state index in [4.69, 9.17) is 18.5 Å². The average Bonchev–Trinajstić information content (AvgIpc) is 3.61. The number of phosphoric ester groups is 1. The van der Waals surface area contributed by atoms with Crippen molar-refractivity contribution in [2.75, 3.05) is 47.5 Å². The van der Waals surface area contributed by atoms with Gasteiger partial charge in [0, 0.05) is 12.8 Å². The molecule has 500 valence electrons. The van der Waals surface area contributed by atoms with Gasteiger partial charge in [-0.25, -0.2) is 4.57 Å². The van der Waals surface area contributed by atoms with E-state index in [9.17, 15) is 19.0 Å². The molecule has 0 aliphatic heterocycles. The fourth-order valence-corrected chi connectivity index (χ4v) is 12.3. The molecule has 0 aliphatic carbocycles. The van der Waals surface area contributed by atoms with Crippen molar-refractivity contribution in [3.05, 3.63) is 12.2 Å². The summed E-state index contributed by atoms with van der Waals surface area (Å²) in [5, 5.41) is 0. The number of phosphoric acid groups is 1. The minimum absolute atomic E-state index is 0.0369. The van der Waals surface area contributed by atoms with E-state index in [1.54, 1.807) is 0 Å². The first-order chi connectivity index (χ1) is 41.0. The first kappa shape index (κ1) is 82.8. The van der Waals surface area contributed by atoms with Crippen LogP contribution in [0, 0.1) is 0 Å². The Morgan fingerprint density at radius 2 is 0.607 bits per heavy atom. The maximum Gasteiger partial charge on any atom is 0.472 e. The molecule has 0 aliphatic rings. The highest BCUT2D eigenvalue weighted by Crippen LogP contribution is 2.43. The highest BCUT2D eigenvalue weighted by Gasteiger charge is 2.27. The Bertz CT molecular complexity index is 1420. The second-order valence-corrected chi connectivity index (χ2v) is 28.5. The summed E-state index contributed by atoms with van der Waals surface area (Å²) in [7, 11) is 1.51. The Morgan fingerprint density at radius 3 is 0.881 bits per heavy atom. The van der Waals surface area contributed by atoms with Crippen LogP contribution in [0.1, 0.15) is 399 Å². The number of ether oxygens (including phenoxy) is 2. The number of nitrogens with zero attached hydrogens (tertiary/aromatic N) is 1. The molecule has 0 spiro atoms. The normalized spacial score (nSPS) is 13.1. The molecule has 0 aromatic carbocycles. The smallest absolute Gasteiger partial charge is 0.462 e. The van der Waals surface area contributed by atoms with Crippen molar-refractivity contribution in [3.8, 4) is 0 Å². The van der Waals surface area contributed by atoms with Gasteiger partial charge in [-0.05, 0) is 38.5 Å². The summed E-state index contributed by atoms with van der Waals surface area (Å²) in [5.74, 6) is -0.768. The zero-order valence-electron chi connectivity index (χ0n) is 57.2. The molecule has 0 aromatic rings. The lowest BCUT2D eigenvalue weighted by Gasteiger charge is -2.24. The maximum absolute atomic E-state index is 12.9. The first-order valence-corrected chi connectivity index (χ1v) is 38.9. The van der Waals surface area contributed by atoms with Gasteiger partial charge in [-0.1, -0.05) is 360 Å². The van der Waals surface area contributed by atoms with Gasteiger partial charge in [0.25, 0.3) is 0 Å². The number of rotatable bonds is 71. The van der Waals surface area contributed by atoms with Crippen LogP contribution >= 0.6 is 7.82 Å². The number of carbonyl (C=O) groups is 2. The zero-order valence-corrected chi connectivity index (χ0v) is 58.1. The molecule has 0 amide bonds. The predicted molar refractivity (Wildman–Crippen MR) is 363 cm³/mol. The molecule has 0 saturated heterocycles. The first-order valence-electron chi connectivity index (χ1n) is 37.4. The van der Waals surface area contributed by atoms with Crippen LogP contribution in [0.25, 0.3) is 0 Å². The van der Waals surface area contributed by atoms with Crippen LogP contribution in [0.5, 0.6) is 0 Å². The van der Waals surface area contributed by atoms with Crippen LogP contribution in [-0.2, 0) is 32.7 Å². The third kappa shape index (κ3) is 69.8. The molecule has 0 aromatic heterocycles. The van der Waals surface area contributed by atoms with Crippen molar-refractivity contribution in [2.24, 2.45) is 0 Å². The average molecular weight is 1210 g/mol. The summed E-state index contributed by atoms with van der Waals surface area (Å²) < 4.78 is 34.8. The van der Waals surface area contributed by atoms with Gasteiger partial charge >= 0.3 is 19.8 Å². The summed E-state index contributed by atoms with van der Waals surface area (Å²) in [6.07, 6.45) is 82.0. The van der Waals surface area contributed by atoms with Crippen molar-refractivity contribution in [3.63, 3.8) is 0 Å². The second-order valence-electron chi connectivity index (χ2n) is 27.0. The standard InChI is InChI=1S/C74H146NO8P/c1-6-8-10-12-14-16-18-20-22-24-26-28-30-32-33-34-35-36-37-38-39-40-41-43-45-47-49-51-53-55-57-59-61-63-65-67-74(77)83-72(71-82-84(78,79)81-69-68-75(3,4)5)70-80-73(76)66-64-62-60-58-56-54-52-50-48-46-44-42-31-29-27-25-23-21-19-17-15-13-11-9-7-2/h24,26,72H,6-23,25,27-71H2,1-5H3/p+1/b26-24-. The van der Waals surface area contributed by atoms with Crippen LogP contribution < -0.4 is 0 Å². The number of hydrogen-bond donors (Lipinski definition) is 1. The third-order valence-electron chi connectivity index (χ3n) is 17.3. The molecule has 0 rings (SSSR count). The molecule has 9 nitrogen and oxygen atoms in total. The highest BCUT2D eigenvalue weighted by molar-refractivity contribution is 7.47. The second kappa shape index (κ2) is 66.2. The van der Waals surface area contributed by atoms with Crippen LogP contribution in [-0.4, -0.2) is 74.9 Å². The Balaban J connectivity index is 3.92. The molecule has 10 heteroatoms.